The molecule has 0 aliphatic carbocycles. The third kappa shape index (κ3) is 2.03. The molecule has 2 aromatic rings. The Morgan fingerprint density at radius 2 is 2.46 bits per heavy atom. The first kappa shape index (κ1) is 8.18. The molecule has 2 aromatic heterocycles. The zero-order chi connectivity index (χ0) is 9.10. The predicted octanol–water partition coefficient (Wildman–Crippen LogP) is 1.18. The Morgan fingerprint density at radius 1 is 1.54 bits per heavy atom. The van der Waals surface area contributed by atoms with Crippen LogP contribution >= 0.6 is 11.5 Å². The Balaban J connectivity index is 1.93. The van der Waals surface area contributed by atoms with Gasteiger partial charge in [-0.1, -0.05) is 4.49 Å². The largest absolute Gasteiger partial charge is 0.369 e. The summed E-state index contributed by atoms with van der Waals surface area (Å²) in [7, 11) is 0. The lowest BCUT2D eigenvalue weighted by molar-refractivity contribution is 1.05. The average molecular weight is 195 g/mol. The Hall–Kier alpha value is -1.43. The summed E-state index contributed by atoms with van der Waals surface area (Å²) in [5.74, 6) is 0.930. The summed E-state index contributed by atoms with van der Waals surface area (Å²) in [5.41, 5.74) is 1.06. The van der Waals surface area contributed by atoms with Crippen molar-refractivity contribution in [3.05, 3.63) is 23.9 Å². The number of aromatic amines is 1. The van der Waals surface area contributed by atoms with E-state index >= 15 is 0 Å². The maximum atomic E-state index is 4.09. The lowest BCUT2D eigenvalue weighted by atomic mass is 10.5. The SMILES string of the molecule is Cc1ncc(CNc2cnns2)[nH]1. The third-order valence-electron chi connectivity index (χ3n) is 1.57. The molecule has 0 saturated heterocycles. The van der Waals surface area contributed by atoms with E-state index in [4.69, 9.17) is 0 Å². The lowest BCUT2D eigenvalue weighted by Gasteiger charge is -1.97. The normalized spacial score (nSPS) is 10.2. The van der Waals surface area contributed by atoms with Gasteiger partial charge in [-0.15, -0.1) is 5.10 Å². The molecule has 0 aliphatic rings. The molecule has 2 rings (SSSR count). The molecule has 0 radical (unpaired) electrons. The number of hydrogen-bond donors (Lipinski definition) is 2. The van der Waals surface area contributed by atoms with Crippen molar-refractivity contribution in [2.45, 2.75) is 13.5 Å². The van der Waals surface area contributed by atoms with Crippen molar-refractivity contribution < 1.29 is 0 Å². The van der Waals surface area contributed by atoms with E-state index in [1.54, 1.807) is 6.20 Å². The number of imidazole rings is 1. The number of H-pyrrole nitrogens is 1. The van der Waals surface area contributed by atoms with Gasteiger partial charge in [0, 0.05) is 11.5 Å². The number of aryl methyl sites for hydroxylation is 1. The van der Waals surface area contributed by atoms with Gasteiger partial charge in [-0.05, 0) is 6.92 Å². The molecule has 0 atom stereocenters. The highest BCUT2D eigenvalue weighted by atomic mass is 32.1. The summed E-state index contributed by atoms with van der Waals surface area (Å²) in [6.45, 7) is 2.66. The summed E-state index contributed by atoms with van der Waals surface area (Å²) in [5, 5.41) is 7.86. The number of aromatic nitrogens is 4. The maximum Gasteiger partial charge on any atom is 0.130 e. The zero-order valence-electron chi connectivity index (χ0n) is 7.11. The monoisotopic (exact) mass is 195 g/mol. The van der Waals surface area contributed by atoms with E-state index in [1.165, 1.54) is 11.5 Å². The highest BCUT2D eigenvalue weighted by molar-refractivity contribution is 7.09. The predicted molar refractivity (Wildman–Crippen MR) is 50.6 cm³/mol. The number of rotatable bonds is 3. The van der Waals surface area contributed by atoms with Gasteiger partial charge in [-0.2, -0.15) is 0 Å². The third-order valence-corrected chi connectivity index (χ3v) is 2.19. The van der Waals surface area contributed by atoms with Crippen molar-refractivity contribution in [2.24, 2.45) is 0 Å². The number of nitrogens with zero attached hydrogens (tertiary/aromatic N) is 3. The second kappa shape index (κ2) is 3.53. The summed E-state index contributed by atoms with van der Waals surface area (Å²) in [6, 6.07) is 0. The molecule has 13 heavy (non-hydrogen) atoms. The van der Waals surface area contributed by atoms with Crippen LogP contribution in [0.4, 0.5) is 5.00 Å². The van der Waals surface area contributed by atoms with Gasteiger partial charge in [0.1, 0.15) is 10.8 Å². The molecule has 0 saturated carbocycles. The van der Waals surface area contributed by atoms with Gasteiger partial charge in [0.2, 0.25) is 0 Å². The van der Waals surface area contributed by atoms with Crippen LogP contribution in [0.1, 0.15) is 11.5 Å². The topological polar surface area (TPSA) is 66.5 Å². The van der Waals surface area contributed by atoms with E-state index in [1.807, 2.05) is 13.1 Å². The van der Waals surface area contributed by atoms with Gasteiger partial charge in [-0.25, -0.2) is 4.98 Å². The summed E-state index contributed by atoms with van der Waals surface area (Å²) in [6.07, 6.45) is 3.52. The molecule has 5 nitrogen and oxygen atoms in total. The van der Waals surface area contributed by atoms with Crippen molar-refractivity contribution in [3.8, 4) is 0 Å². The second-order valence-electron chi connectivity index (χ2n) is 2.63. The van der Waals surface area contributed by atoms with Crippen molar-refractivity contribution >= 4 is 16.5 Å². The van der Waals surface area contributed by atoms with E-state index in [2.05, 4.69) is 24.9 Å². The van der Waals surface area contributed by atoms with Gasteiger partial charge in [-0.3, -0.25) is 0 Å². The smallest absolute Gasteiger partial charge is 0.130 e. The molecule has 0 amide bonds. The Bertz CT molecular complexity index is 366. The van der Waals surface area contributed by atoms with Gasteiger partial charge >= 0.3 is 0 Å². The molecule has 0 aromatic carbocycles. The van der Waals surface area contributed by atoms with Crippen LogP contribution in [0, 0.1) is 6.92 Å². The summed E-state index contributed by atoms with van der Waals surface area (Å²) >= 11 is 1.34. The molecule has 0 bridgehead atoms. The fourth-order valence-electron chi connectivity index (χ4n) is 0.989. The van der Waals surface area contributed by atoms with Crippen LogP contribution in [0.3, 0.4) is 0 Å². The number of anilines is 1. The Morgan fingerprint density at radius 3 is 3.08 bits per heavy atom. The average Bonchev–Trinajstić information content (AvgIpc) is 2.71. The van der Waals surface area contributed by atoms with E-state index in [9.17, 15) is 0 Å². The van der Waals surface area contributed by atoms with Crippen molar-refractivity contribution in [1.29, 1.82) is 0 Å². The van der Waals surface area contributed by atoms with Gasteiger partial charge in [0.15, 0.2) is 0 Å². The lowest BCUT2D eigenvalue weighted by Crippen LogP contribution is -1.97. The van der Waals surface area contributed by atoms with Crippen LogP contribution in [-0.4, -0.2) is 19.6 Å². The maximum absolute atomic E-state index is 4.09. The van der Waals surface area contributed by atoms with Crippen molar-refractivity contribution in [2.75, 3.05) is 5.32 Å². The molecule has 0 aliphatic heterocycles. The van der Waals surface area contributed by atoms with E-state index in [-0.39, 0.29) is 0 Å². The van der Waals surface area contributed by atoms with Crippen LogP contribution in [-0.2, 0) is 6.54 Å². The van der Waals surface area contributed by atoms with Crippen molar-refractivity contribution in [1.82, 2.24) is 19.6 Å². The van der Waals surface area contributed by atoms with Crippen molar-refractivity contribution in [3.63, 3.8) is 0 Å². The summed E-state index contributed by atoms with van der Waals surface area (Å²) < 4.78 is 3.74. The molecule has 0 fully saturated rings. The van der Waals surface area contributed by atoms with Gasteiger partial charge in [0.05, 0.1) is 24.6 Å². The van der Waals surface area contributed by atoms with Crippen LogP contribution in [0.25, 0.3) is 0 Å². The molecule has 68 valence electrons. The van der Waals surface area contributed by atoms with Gasteiger partial charge < -0.3 is 10.3 Å². The minimum atomic E-state index is 0.727. The Labute approximate surface area is 79.4 Å². The molecule has 2 N–H and O–H groups in total. The first-order valence-electron chi connectivity index (χ1n) is 3.86. The fraction of sp³-hybridized carbons (Fsp3) is 0.286. The molecular weight excluding hydrogens is 186 g/mol. The van der Waals surface area contributed by atoms with Gasteiger partial charge in [0.25, 0.3) is 0 Å². The first-order chi connectivity index (χ1) is 6.34. The van der Waals surface area contributed by atoms with E-state index in [0.29, 0.717) is 0 Å². The Kier molecular flexibility index (Phi) is 2.22. The first-order valence-corrected chi connectivity index (χ1v) is 4.63. The summed E-state index contributed by atoms with van der Waals surface area (Å²) in [4.78, 5) is 7.22. The molecule has 2 heterocycles. The highest BCUT2D eigenvalue weighted by Gasteiger charge is 1.97. The standard InChI is InChI=1S/C7H9N5S/c1-5-8-2-6(11-5)3-9-7-4-10-12-13-7/h2,4,9H,3H2,1H3,(H,8,11). The fourth-order valence-corrected chi connectivity index (χ4v) is 1.40. The quantitative estimate of drug-likeness (QED) is 0.771. The van der Waals surface area contributed by atoms with Crippen LogP contribution in [0.2, 0.25) is 0 Å². The number of nitrogens with one attached hydrogen (secondary N) is 2. The molecule has 0 unspecified atom stereocenters. The zero-order valence-corrected chi connectivity index (χ0v) is 7.93. The van der Waals surface area contributed by atoms with Crippen LogP contribution < -0.4 is 5.32 Å². The molecule has 0 spiro atoms. The van der Waals surface area contributed by atoms with Crippen LogP contribution in [0.5, 0.6) is 0 Å². The van der Waals surface area contributed by atoms with E-state index in [0.717, 1.165) is 23.1 Å². The molecular formula is C7H9N5S. The van der Waals surface area contributed by atoms with E-state index < -0.39 is 0 Å². The minimum absolute atomic E-state index is 0.727. The second-order valence-corrected chi connectivity index (χ2v) is 3.41. The number of hydrogen-bond acceptors (Lipinski definition) is 5. The minimum Gasteiger partial charge on any atom is -0.369 e. The van der Waals surface area contributed by atoms with Crippen LogP contribution in [0.15, 0.2) is 12.4 Å². The molecule has 6 heteroatoms. The highest BCUT2D eigenvalue weighted by Crippen LogP contribution is 2.10.